The minimum absolute atomic E-state index is 0.00880. The lowest BCUT2D eigenvalue weighted by Crippen LogP contribution is -2.33. The molecule has 0 saturated heterocycles. The second-order valence-electron chi connectivity index (χ2n) is 31.1. The van der Waals surface area contributed by atoms with Crippen LogP contribution in [0, 0.1) is 30.5 Å². The molecule has 52 heteroatoms. The highest BCUT2D eigenvalue weighted by atomic mass is 35.5. The lowest BCUT2D eigenvalue weighted by molar-refractivity contribution is 0.0510. The molecule has 0 aliphatic heterocycles. The fourth-order valence-corrected chi connectivity index (χ4v) is 18.8. The molecule has 17 aromatic heterocycles. The number of nitrogens with two attached hydrogens (primary N) is 6. The Bertz CT molecular complexity index is 8570. The SMILES string of the molecule is CC(C)NC(=O)c1nn(-c2ccc([18F])nc2)c(=O)c2c(N)scc12.CC(C)NC(=O)c1nn(-c2cnccc2[18F])c(=O)c2c(N)scc12.CCCNc1nn(-c2ccc(Cl)cc2)c(=O)c2c(N)scc12.CCOC(=O)c1nn(-c2ccc([18F])nc2)c(=O)c2c(N)scc12.CCOC(=O)c1nn(-c2cnccc2[18F])c(=O)c2c(N)scc12.Cc1ccc(CNC(=O)c2nn(-c3ccc(Cl)cc3)c(=O)c3c(N)scc23)cn1. The van der Waals surface area contributed by atoms with E-state index < -0.39 is 75.4 Å². The molecule has 0 radical (unpaired) electrons. The summed E-state index contributed by atoms with van der Waals surface area (Å²) in [6, 6.07) is 24.2. The van der Waals surface area contributed by atoms with Gasteiger partial charge in [0, 0.05) is 124 Å². The first kappa shape index (κ1) is 104. The van der Waals surface area contributed by atoms with Crippen LogP contribution in [0.5, 0.6) is 0 Å². The van der Waals surface area contributed by atoms with Crippen LogP contribution >= 0.6 is 91.2 Å². The fraction of sp³-hybridized carbons (Fsp3) is 0.161. The first-order valence-corrected chi connectivity index (χ1v) is 49.1. The predicted molar refractivity (Wildman–Crippen MR) is 555 cm³/mol. The van der Waals surface area contributed by atoms with Crippen LogP contribution in [0.25, 0.3) is 98.8 Å². The van der Waals surface area contributed by atoms with Gasteiger partial charge in [-0.1, -0.05) is 36.2 Å². The molecule has 2 aromatic carbocycles. The number of carbonyl (C=O) groups excluding carboxylic acids is 5. The molecule has 19 aromatic rings. The van der Waals surface area contributed by atoms with Gasteiger partial charge in [-0.2, -0.15) is 62.4 Å². The summed E-state index contributed by atoms with van der Waals surface area (Å²) in [4.78, 5) is 157. The number of aromatic nitrogens is 17. The standard InChI is InChI=1S/C20H16ClN5O2S.C15H15ClN4OS.2C15H14FN5O2S.2C14H11FN4O3S/c1-11-2-3-12(8-23-11)9-24-19(27)17-15-10-29-18(22)16(15)20(28)26(25-17)14-6-4-13(21)5-7-14;1-2-7-18-14-11-8-22-13(17)12(11)15(21)20(19-14)10-5-3-9(16)4-6-10;1-7(2)19-14(22)12-8-6-24-13(17)11(8)15(23)21(20-12)10-5-18-4-3-9(10)16;1-7(2)19-14(22)12-9-6-24-13(17)11(9)15(23)21(20-12)8-3-4-10(16)18-5-8;1-2-22-14(21)11-7-6-23-12(16)10(7)13(20)19(18-11)9-5-17-4-3-8(9)15;1-2-22-14(21)11-8-6-23-12(16)10(8)13(20)19(18-11)7-3-4-9(15)17-5-7/h2-8,10H,9,22H2,1H3,(H,24,27);3-6,8H,2,7,17H2,1H3,(H,18,19);2*3-7H,17H2,1-2H3,(H,19,22);2*3-6H,2,16H2,1H3/i;;2*16-1;2*15-1. The third-order valence-corrected chi connectivity index (χ3v) is 25.9. The molecule has 0 bridgehead atoms. The molecule has 40 nitrogen and oxygen atoms in total. The number of anilines is 7. The lowest BCUT2D eigenvalue weighted by Gasteiger charge is -2.11. The minimum Gasteiger partial charge on any atom is -0.461 e. The van der Waals surface area contributed by atoms with E-state index in [2.05, 4.69) is 83.7 Å². The summed E-state index contributed by atoms with van der Waals surface area (Å²) in [5.74, 6) is -4.75. The molecular formula is C93H81Cl2F4N27O13S6. The van der Waals surface area contributed by atoms with Crippen LogP contribution in [0.2, 0.25) is 10.0 Å². The molecule has 0 fully saturated rings. The zero-order valence-electron chi connectivity index (χ0n) is 77.0. The molecule has 16 N–H and O–H groups in total. The number of esters is 2. The van der Waals surface area contributed by atoms with Gasteiger partial charge in [0.2, 0.25) is 11.9 Å². The molecule has 19 rings (SSSR count). The van der Waals surface area contributed by atoms with Crippen LogP contribution < -0.4 is 89.0 Å². The van der Waals surface area contributed by atoms with E-state index in [0.29, 0.717) is 69.2 Å². The van der Waals surface area contributed by atoms with Gasteiger partial charge in [0.05, 0.1) is 123 Å². The number of hydrogen-bond acceptors (Lipinski definition) is 37. The highest BCUT2D eigenvalue weighted by molar-refractivity contribution is 7.17. The number of aryl methyl sites for hydroxylation is 1. The predicted octanol–water partition coefficient (Wildman–Crippen LogP) is 13.7. The van der Waals surface area contributed by atoms with Crippen molar-refractivity contribution in [3.8, 4) is 34.1 Å². The van der Waals surface area contributed by atoms with Crippen molar-refractivity contribution in [2.75, 3.05) is 59.5 Å². The van der Waals surface area contributed by atoms with Crippen LogP contribution in [0.1, 0.15) is 119 Å². The van der Waals surface area contributed by atoms with E-state index in [-0.39, 0.29) is 142 Å². The van der Waals surface area contributed by atoms with E-state index in [9.17, 15) is 70.3 Å². The maximum Gasteiger partial charge on any atom is 0.359 e. The van der Waals surface area contributed by atoms with Crippen molar-refractivity contribution in [2.45, 2.75) is 80.4 Å². The Kier molecular flexibility index (Phi) is 32.8. The highest BCUT2D eigenvalue weighted by Crippen LogP contribution is 2.35. The van der Waals surface area contributed by atoms with E-state index >= 15 is 0 Å². The van der Waals surface area contributed by atoms with Gasteiger partial charge < -0.3 is 65.1 Å². The maximum absolute atomic E-state index is 14.1. The first-order chi connectivity index (χ1) is 69.4. The Morgan fingerprint density at radius 3 is 1.06 bits per heavy atom. The molecule has 0 saturated carbocycles. The second kappa shape index (κ2) is 45.6. The van der Waals surface area contributed by atoms with Crippen LogP contribution in [0.15, 0.2) is 201 Å². The summed E-state index contributed by atoms with van der Waals surface area (Å²) in [5, 5.41) is 53.4. The Morgan fingerprint density at radius 1 is 0.386 bits per heavy atom. The molecule has 0 aliphatic carbocycles. The third-order valence-electron chi connectivity index (χ3n) is 20.5. The van der Waals surface area contributed by atoms with Crippen molar-refractivity contribution in [3.05, 3.63) is 308 Å². The molecule has 17 heterocycles. The largest absolute Gasteiger partial charge is 0.461 e. The quantitative estimate of drug-likeness (QED) is 0.0192. The van der Waals surface area contributed by atoms with Crippen LogP contribution in [0.4, 0.5) is 53.4 Å². The van der Waals surface area contributed by atoms with Gasteiger partial charge >= 0.3 is 11.9 Å². The molecule has 0 spiro atoms. The van der Waals surface area contributed by atoms with E-state index in [4.69, 9.17) is 67.1 Å². The Labute approximate surface area is 848 Å². The van der Waals surface area contributed by atoms with Crippen molar-refractivity contribution >= 4 is 221 Å². The van der Waals surface area contributed by atoms with Crippen LogP contribution in [0.3, 0.4) is 0 Å². The van der Waals surface area contributed by atoms with Crippen LogP contribution in [-0.2, 0) is 16.0 Å². The number of nitrogens with zero attached hydrogens (tertiary/aromatic N) is 17. The van der Waals surface area contributed by atoms with Crippen molar-refractivity contribution < 1.29 is 51.0 Å². The number of amides is 3. The topological polar surface area (TPSA) is 582 Å². The van der Waals surface area contributed by atoms with Gasteiger partial charge in [-0.25, -0.2) is 28.3 Å². The van der Waals surface area contributed by atoms with Gasteiger partial charge in [0.25, 0.3) is 51.1 Å². The van der Waals surface area contributed by atoms with Gasteiger partial charge in [-0.05, 0) is 151 Å². The minimum atomic E-state index is -0.714. The number of nitrogen functional groups attached to an aromatic ring is 6. The van der Waals surface area contributed by atoms with Crippen molar-refractivity contribution in [1.82, 2.24) is 99.6 Å². The molecule has 0 atom stereocenters. The van der Waals surface area contributed by atoms with E-state index in [1.165, 1.54) is 69.0 Å². The number of thiophene rings is 6. The Balaban J connectivity index is 0.000000138. The number of ether oxygens (including phenoxy) is 2. The number of halogens is 6. The number of nitrogens with one attached hydrogen (secondary N) is 4. The highest BCUT2D eigenvalue weighted by Gasteiger charge is 2.29. The van der Waals surface area contributed by atoms with E-state index in [1.807, 2.05) is 38.3 Å². The molecule has 145 heavy (non-hydrogen) atoms. The monoisotopic (exact) mass is 2120 g/mol. The van der Waals surface area contributed by atoms with Crippen molar-refractivity contribution in [1.29, 1.82) is 0 Å². The van der Waals surface area contributed by atoms with Crippen molar-refractivity contribution in [2.24, 2.45) is 0 Å². The average molecular weight is 2120 g/mol. The molecule has 0 aliphatic rings. The summed E-state index contributed by atoms with van der Waals surface area (Å²) in [7, 11) is 0. The maximum atomic E-state index is 14.1. The van der Waals surface area contributed by atoms with Gasteiger partial charge in [-0.15, -0.1) is 73.1 Å². The summed E-state index contributed by atoms with van der Waals surface area (Å²) < 4.78 is 70.0. The number of pyridine rings is 5. The zero-order valence-corrected chi connectivity index (χ0v) is 83.4. The summed E-state index contributed by atoms with van der Waals surface area (Å²) in [6.45, 7) is 15.9. The smallest absolute Gasteiger partial charge is 0.359 e. The summed E-state index contributed by atoms with van der Waals surface area (Å²) in [5.41, 5.74) is 35.7. The van der Waals surface area contributed by atoms with Gasteiger partial charge in [-0.3, -0.25) is 58.1 Å². The number of carbonyl (C=O) groups is 5. The number of benzene rings is 2. The van der Waals surface area contributed by atoms with Gasteiger partial charge in [0.15, 0.2) is 45.9 Å². The van der Waals surface area contributed by atoms with Crippen LogP contribution in [-0.4, -0.2) is 145 Å². The first-order valence-electron chi connectivity index (χ1n) is 43.1. The van der Waals surface area contributed by atoms with Gasteiger partial charge in [0.1, 0.15) is 11.4 Å². The Hall–Kier alpha value is -16.5. The summed E-state index contributed by atoms with van der Waals surface area (Å²) in [6.07, 6.45) is 9.80. The normalized spacial score (nSPS) is 11.0. The van der Waals surface area contributed by atoms with Crippen molar-refractivity contribution in [3.63, 3.8) is 0 Å². The second-order valence-corrected chi connectivity index (χ2v) is 37.5. The Morgan fingerprint density at radius 2 is 0.710 bits per heavy atom. The average Bonchev–Trinajstić information content (AvgIpc) is 1.68. The number of hydrogen-bond donors (Lipinski definition) is 10. The number of rotatable bonds is 20. The molecular weight excluding hydrogens is 2040 g/mol. The molecule has 0 unspecified atom stereocenters. The molecule has 744 valence electrons. The number of fused-ring (bicyclic) bond motifs is 6. The van der Waals surface area contributed by atoms with E-state index in [1.54, 1.807) is 109 Å². The van der Waals surface area contributed by atoms with E-state index in [0.717, 1.165) is 130 Å². The zero-order chi connectivity index (χ0) is 104. The lowest BCUT2D eigenvalue weighted by atomic mass is 10.2. The fourth-order valence-electron chi connectivity index (χ4n) is 13.8. The summed E-state index contributed by atoms with van der Waals surface area (Å²) >= 11 is 18.9. The third kappa shape index (κ3) is 22.8. The molecule has 3 amide bonds.